The molecule has 1 aliphatic rings. The molecule has 0 spiro atoms. The van der Waals surface area contributed by atoms with Gasteiger partial charge in [-0.25, -0.2) is 0 Å². The van der Waals surface area contributed by atoms with E-state index in [0.29, 0.717) is 0 Å². The van der Waals surface area contributed by atoms with E-state index in [1.807, 2.05) is 0 Å². The summed E-state index contributed by atoms with van der Waals surface area (Å²) in [6.45, 7) is -0.261. The Bertz CT molecular complexity index is 465. The summed E-state index contributed by atoms with van der Waals surface area (Å²) >= 11 is 0. The van der Waals surface area contributed by atoms with E-state index in [4.69, 9.17) is 5.11 Å². The smallest absolute Gasteiger partial charge is 0.404 e. The highest BCUT2D eigenvalue weighted by Gasteiger charge is 2.61. The average Bonchev–Trinajstić information content (AvgIpc) is 2.82. The highest BCUT2D eigenvalue weighted by Crippen LogP contribution is 2.43. The predicted molar refractivity (Wildman–Crippen MR) is 62.7 cm³/mol. The molecule has 1 amide bonds. The Hall–Kier alpha value is -1.76. The Morgan fingerprint density at radius 1 is 1.32 bits per heavy atom. The van der Waals surface area contributed by atoms with Crippen LogP contribution in [-0.4, -0.2) is 30.3 Å². The van der Waals surface area contributed by atoms with E-state index in [1.54, 1.807) is 0 Å². The molecule has 0 saturated carbocycles. The standard InChI is InChI=1S/C12H13F3N2O2/c13-12(14,15)11(5-6-16-7-11)10(19)17-8-1-3-9(18)4-2-8/h1-4,16,18H,5-7H2,(H,17,19). The summed E-state index contributed by atoms with van der Waals surface area (Å²) in [4.78, 5) is 11.9. The fraction of sp³-hybridized carbons (Fsp3) is 0.417. The fourth-order valence-electron chi connectivity index (χ4n) is 2.05. The number of aromatic hydroxyl groups is 1. The van der Waals surface area contributed by atoms with Gasteiger partial charge < -0.3 is 15.7 Å². The van der Waals surface area contributed by atoms with Gasteiger partial charge in [0.15, 0.2) is 5.41 Å². The quantitative estimate of drug-likeness (QED) is 0.721. The monoisotopic (exact) mass is 274 g/mol. The van der Waals surface area contributed by atoms with Gasteiger partial charge in [0.1, 0.15) is 5.75 Å². The minimum absolute atomic E-state index is 0.0222. The highest BCUT2D eigenvalue weighted by atomic mass is 19.4. The van der Waals surface area contributed by atoms with Gasteiger partial charge in [-0.2, -0.15) is 13.2 Å². The van der Waals surface area contributed by atoms with E-state index in [9.17, 15) is 18.0 Å². The van der Waals surface area contributed by atoms with Crippen molar-refractivity contribution in [1.82, 2.24) is 5.32 Å². The Kier molecular flexibility index (Phi) is 3.40. The molecule has 0 aromatic heterocycles. The minimum atomic E-state index is -4.60. The van der Waals surface area contributed by atoms with Crippen LogP contribution in [0.15, 0.2) is 24.3 Å². The van der Waals surface area contributed by atoms with Gasteiger partial charge in [0.25, 0.3) is 0 Å². The van der Waals surface area contributed by atoms with Crippen molar-refractivity contribution in [3.05, 3.63) is 24.3 Å². The van der Waals surface area contributed by atoms with Crippen LogP contribution in [0.4, 0.5) is 18.9 Å². The molecule has 1 aromatic rings. The lowest BCUT2D eigenvalue weighted by Gasteiger charge is -2.29. The maximum atomic E-state index is 13.1. The van der Waals surface area contributed by atoms with E-state index >= 15 is 0 Å². The summed E-state index contributed by atoms with van der Waals surface area (Å²) in [5, 5.41) is 13.9. The van der Waals surface area contributed by atoms with E-state index in [2.05, 4.69) is 10.6 Å². The number of phenols is 1. The number of carbonyl (C=O) groups is 1. The summed E-state index contributed by atoms with van der Waals surface area (Å²) in [6, 6.07) is 5.28. The van der Waals surface area contributed by atoms with E-state index in [1.165, 1.54) is 24.3 Å². The number of nitrogens with one attached hydrogen (secondary N) is 2. The lowest BCUT2D eigenvalue weighted by atomic mass is 9.85. The molecule has 0 aliphatic carbocycles. The van der Waals surface area contributed by atoms with Crippen LogP contribution in [0.3, 0.4) is 0 Å². The third kappa shape index (κ3) is 2.51. The van der Waals surface area contributed by atoms with E-state index < -0.39 is 24.0 Å². The van der Waals surface area contributed by atoms with Crippen molar-refractivity contribution in [2.24, 2.45) is 5.41 Å². The summed E-state index contributed by atoms with van der Waals surface area (Å²) in [6.07, 6.45) is -4.88. The normalized spacial score (nSPS) is 23.3. The van der Waals surface area contributed by atoms with Crippen molar-refractivity contribution >= 4 is 11.6 Å². The molecule has 0 bridgehead atoms. The summed E-state index contributed by atoms with van der Waals surface area (Å²) in [7, 11) is 0. The van der Waals surface area contributed by atoms with Gasteiger partial charge in [0, 0.05) is 12.2 Å². The third-order valence-corrected chi connectivity index (χ3v) is 3.26. The molecule has 1 fully saturated rings. The number of anilines is 1. The second-order valence-corrected chi connectivity index (χ2v) is 4.51. The second-order valence-electron chi connectivity index (χ2n) is 4.51. The van der Waals surface area contributed by atoms with E-state index in [0.717, 1.165) is 0 Å². The van der Waals surface area contributed by atoms with Crippen LogP contribution in [0, 0.1) is 5.41 Å². The molecule has 3 N–H and O–H groups in total. The molecule has 2 rings (SSSR count). The van der Waals surface area contributed by atoms with Crippen LogP contribution in [0.2, 0.25) is 0 Å². The maximum Gasteiger partial charge on any atom is 0.404 e. The summed E-state index contributed by atoms with van der Waals surface area (Å²) < 4.78 is 39.3. The summed E-state index contributed by atoms with van der Waals surface area (Å²) in [5.74, 6) is -1.10. The minimum Gasteiger partial charge on any atom is -0.508 e. The topological polar surface area (TPSA) is 61.4 Å². The first-order chi connectivity index (χ1) is 8.85. The van der Waals surface area contributed by atoms with Gasteiger partial charge in [0.2, 0.25) is 5.91 Å². The van der Waals surface area contributed by atoms with Crippen LogP contribution in [0.1, 0.15) is 6.42 Å². The van der Waals surface area contributed by atoms with Crippen molar-refractivity contribution < 1.29 is 23.1 Å². The number of hydrogen-bond donors (Lipinski definition) is 3. The zero-order chi connectivity index (χ0) is 14.1. The number of phenolic OH excluding ortho intramolecular Hbond substituents is 1. The van der Waals surface area contributed by atoms with Gasteiger partial charge >= 0.3 is 6.18 Å². The second kappa shape index (κ2) is 4.73. The van der Waals surface area contributed by atoms with Crippen molar-refractivity contribution in [2.45, 2.75) is 12.6 Å². The molecule has 0 radical (unpaired) electrons. The number of amides is 1. The number of hydrogen-bond acceptors (Lipinski definition) is 3. The largest absolute Gasteiger partial charge is 0.508 e. The molecule has 1 aliphatic heterocycles. The zero-order valence-corrected chi connectivity index (χ0v) is 9.92. The van der Waals surface area contributed by atoms with Crippen molar-refractivity contribution in [1.29, 1.82) is 0 Å². The van der Waals surface area contributed by atoms with Gasteiger partial charge in [-0.05, 0) is 37.2 Å². The van der Waals surface area contributed by atoms with Crippen LogP contribution < -0.4 is 10.6 Å². The van der Waals surface area contributed by atoms with E-state index in [-0.39, 0.29) is 24.4 Å². The third-order valence-electron chi connectivity index (χ3n) is 3.26. The van der Waals surface area contributed by atoms with Crippen molar-refractivity contribution in [2.75, 3.05) is 18.4 Å². The zero-order valence-electron chi connectivity index (χ0n) is 9.92. The van der Waals surface area contributed by atoms with Crippen LogP contribution in [0.5, 0.6) is 5.75 Å². The SMILES string of the molecule is O=C(Nc1ccc(O)cc1)C1(C(F)(F)F)CCNC1. The molecule has 1 atom stereocenters. The van der Waals surface area contributed by atoms with Gasteiger partial charge in [0.05, 0.1) is 0 Å². The number of alkyl halides is 3. The van der Waals surface area contributed by atoms with Crippen molar-refractivity contribution in [3.63, 3.8) is 0 Å². The fourth-order valence-corrected chi connectivity index (χ4v) is 2.05. The highest BCUT2D eigenvalue weighted by molar-refractivity contribution is 5.96. The number of benzene rings is 1. The molecular formula is C12H13F3N2O2. The number of rotatable bonds is 2. The lowest BCUT2D eigenvalue weighted by molar-refractivity contribution is -0.213. The molecule has 1 aromatic carbocycles. The van der Waals surface area contributed by atoms with Crippen LogP contribution in [-0.2, 0) is 4.79 Å². The van der Waals surface area contributed by atoms with Crippen molar-refractivity contribution in [3.8, 4) is 5.75 Å². The van der Waals surface area contributed by atoms with Gasteiger partial charge in [-0.15, -0.1) is 0 Å². The molecule has 1 saturated heterocycles. The Morgan fingerprint density at radius 2 is 1.95 bits per heavy atom. The first-order valence-electron chi connectivity index (χ1n) is 5.73. The maximum absolute atomic E-state index is 13.1. The summed E-state index contributed by atoms with van der Waals surface area (Å²) in [5.41, 5.74) is -2.16. The molecule has 104 valence electrons. The Labute approximate surface area is 107 Å². The van der Waals surface area contributed by atoms with Crippen LogP contribution >= 0.6 is 0 Å². The molecule has 1 unspecified atom stereocenters. The Balaban J connectivity index is 2.19. The predicted octanol–water partition coefficient (Wildman–Crippen LogP) is 1.87. The number of halogens is 3. The first kappa shape index (κ1) is 13.7. The molecule has 19 heavy (non-hydrogen) atoms. The van der Waals surface area contributed by atoms with Gasteiger partial charge in [-0.3, -0.25) is 4.79 Å². The van der Waals surface area contributed by atoms with Gasteiger partial charge in [-0.1, -0.05) is 0 Å². The molecule has 4 nitrogen and oxygen atoms in total. The Morgan fingerprint density at radius 3 is 2.42 bits per heavy atom. The number of carbonyl (C=O) groups excluding carboxylic acids is 1. The molecule has 1 heterocycles. The molecular weight excluding hydrogens is 261 g/mol. The lowest BCUT2D eigenvalue weighted by Crippen LogP contribution is -2.49. The van der Waals surface area contributed by atoms with Crippen LogP contribution in [0.25, 0.3) is 0 Å². The average molecular weight is 274 g/mol. The first-order valence-corrected chi connectivity index (χ1v) is 5.73. The molecule has 7 heteroatoms.